The minimum atomic E-state index is -0.290. The third-order valence-electron chi connectivity index (χ3n) is 6.66. The highest BCUT2D eigenvalue weighted by Gasteiger charge is 2.27. The Morgan fingerprint density at radius 1 is 1.15 bits per heavy atom. The standard InChI is InChI=1S/C30H36N4O4S/c1-19(2)15-23-18-38-26-17-25(28-20(3)9-6-10-21(28)4)31-30(32-26)33-39-24-12-7-11-22(16-24)29(36)34(23)14-8-13-27(35)37-5/h6-7,9-12,16-17,19,23H,8,13-15,18H2,1-5H3,(H,31,32,33)/t23-/m1/s1. The number of methoxy groups -OCH3 is 1. The van der Waals surface area contributed by atoms with Crippen molar-refractivity contribution in [2.45, 2.75) is 57.9 Å². The van der Waals surface area contributed by atoms with Crippen LogP contribution in [0.4, 0.5) is 5.95 Å². The van der Waals surface area contributed by atoms with Crippen LogP contribution in [0.15, 0.2) is 53.4 Å². The summed E-state index contributed by atoms with van der Waals surface area (Å²) in [6, 6.07) is 15.3. The van der Waals surface area contributed by atoms with Gasteiger partial charge >= 0.3 is 5.97 Å². The molecule has 206 valence electrons. The van der Waals surface area contributed by atoms with Crippen LogP contribution in [0.25, 0.3) is 11.3 Å². The van der Waals surface area contributed by atoms with Gasteiger partial charge in [-0.1, -0.05) is 38.1 Å². The molecule has 3 aromatic rings. The van der Waals surface area contributed by atoms with E-state index in [2.05, 4.69) is 49.5 Å². The molecule has 1 atom stereocenters. The van der Waals surface area contributed by atoms with Crippen molar-refractivity contribution in [1.82, 2.24) is 14.9 Å². The van der Waals surface area contributed by atoms with Crippen LogP contribution < -0.4 is 9.46 Å². The van der Waals surface area contributed by atoms with Gasteiger partial charge in [-0.05, 0) is 73.9 Å². The SMILES string of the molecule is COC(=O)CCCN1C(=O)c2cccc(c2)SNc2nc(cc(-c3c(C)cccc3C)n2)OC[C@H]1CC(C)C. The number of aryl methyl sites for hydroxylation is 2. The number of rotatable bonds is 7. The van der Waals surface area contributed by atoms with E-state index in [1.165, 1.54) is 19.1 Å². The van der Waals surface area contributed by atoms with Crippen molar-refractivity contribution in [3.05, 3.63) is 65.2 Å². The van der Waals surface area contributed by atoms with E-state index < -0.39 is 0 Å². The fraction of sp³-hybridized carbons (Fsp3) is 0.400. The Morgan fingerprint density at radius 2 is 1.90 bits per heavy atom. The van der Waals surface area contributed by atoms with Crippen LogP contribution in [-0.2, 0) is 9.53 Å². The Balaban J connectivity index is 1.75. The number of esters is 1. The summed E-state index contributed by atoms with van der Waals surface area (Å²) in [6.07, 6.45) is 1.47. The molecule has 4 rings (SSSR count). The lowest BCUT2D eigenvalue weighted by molar-refractivity contribution is -0.140. The summed E-state index contributed by atoms with van der Waals surface area (Å²) in [5.74, 6) is 0.806. The van der Waals surface area contributed by atoms with Gasteiger partial charge in [0.2, 0.25) is 11.8 Å². The molecule has 2 heterocycles. The summed E-state index contributed by atoms with van der Waals surface area (Å²) in [7, 11) is 1.38. The van der Waals surface area contributed by atoms with Crippen molar-refractivity contribution in [2.75, 3.05) is 25.0 Å². The van der Waals surface area contributed by atoms with Crippen molar-refractivity contribution in [3.63, 3.8) is 0 Å². The Hall–Kier alpha value is -3.59. The van der Waals surface area contributed by atoms with Crippen molar-refractivity contribution >= 4 is 29.8 Å². The summed E-state index contributed by atoms with van der Waals surface area (Å²) < 4.78 is 14.4. The van der Waals surface area contributed by atoms with Gasteiger partial charge in [0, 0.05) is 35.1 Å². The van der Waals surface area contributed by atoms with Gasteiger partial charge in [0.25, 0.3) is 5.91 Å². The molecule has 0 aliphatic carbocycles. The van der Waals surface area contributed by atoms with Gasteiger partial charge in [-0.3, -0.25) is 14.3 Å². The van der Waals surface area contributed by atoms with E-state index in [1.54, 1.807) is 0 Å². The van der Waals surface area contributed by atoms with Crippen LogP contribution in [0.3, 0.4) is 0 Å². The fourth-order valence-electron chi connectivity index (χ4n) is 4.81. The van der Waals surface area contributed by atoms with Gasteiger partial charge in [-0.15, -0.1) is 0 Å². The van der Waals surface area contributed by atoms with Gasteiger partial charge in [-0.25, -0.2) is 4.98 Å². The molecule has 1 aliphatic heterocycles. The average molecular weight is 549 g/mol. The molecule has 8 nitrogen and oxygen atoms in total. The summed E-state index contributed by atoms with van der Waals surface area (Å²) in [5.41, 5.74) is 4.63. The monoisotopic (exact) mass is 548 g/mol. The van der Waals surface area contributed by atoms with Gasteiger partial charge in [0.15, 0.2) is 0 Å². The summed E-state index contributed by atoms with van der Waals surface area (Å²) in [5, 5.41) is 0. The molecule has 39 heavy (non-hydrogen) atoms. The molecule has 0 fully saturated rings. The topological polar surface area (TPSA) is 93.7 Å². The lowest BCUT2D eigenvalue weighted by Crippen LogP contribution is -2.45. The molecule has 0 unspecified atom stereocenters. The van der Waals surface area contributed by atoms with Crippen molar-refractivity contribution < 1.29 is 19.1 Å². The van der Waals surface area contributed by atoms with E-state index >= 15 is 0 Å². The highest BCUT2D eigenvalue weighted by atomic mass is 32.2. The molecular formula is C30H36N4O4S. The number of fused-ring (bicyclic) bond motifs is 4. The minimum Gasteiger partial charge on any atom is -0.475 e. The fourth-order valence-corrected chi connectivity index (χ4v) is 5.44. The number of nitrogens with one attached hydrogen (secondary N) is 1. The third kappa shape index (κ3) is 7.29. The van der Waals surface area contributed by atoms with Crippen molar-refractivity contribution in [2.24, 2.45) is 5.92 Å². The smallest absolute Gasteiger partial charge is 0.305 e. The molecule has 9 heteroatoms. The molecule has 0 saturated carbocycles. The second kappa shape index (κ2) is 13.0. The summed E-state index contributed by atoms with van der Waals surface area (Å²) in [4.78, 5) is 37.8. The second-order valence-corrected chi connectivity index (χ2v) is 11.1. The highest BCUT2D eigenvalue weighted by molar-refractivity contribution is 8.00. The lowest BCUT2D eigenvalue weighted by Gasteiger charge is -2.33. The predicted molar refractivity (Wildman–Crippen MR) is 154 cm³/mol. The second-order valence-electron chi connectivity index (χ2n) is 10.2. The molecular weight excluding hydrogens is 512 g/mol. The molecule has 1 aromatic heterocycles. The molecule has 0 radical (unpaired) electrons. The van der Waals surface area contributed by atoms with Crippen LogP contribution in [0, 0.1) is 19.8 Å². The Labute approximate surface area is 234 Å². The molecule has 1 N–H and O–H groups in total. The van der Waals surface area contributed by atoms with E-state index in [1.807, 2.05) is 41.3 Å². The van der Waals surface area contributed by atoms with Crippen LogP contribution >= 0.6 is 11.9 Å². The normalized spacial score (nSPS) is 15.5. The lowest BCUT2D eigenvalue weighted by atomic mass is 10.00. The minimum absolute atomic E-state index is 0.0927. The van der Waals surface area contributed by atoms with E-state index in [-0.39, 0.29) is 30.9 Å². The quantitative estimate of drug-likeness (QED) is 0.280. The molecule has 2 aromatic carbocycles. The highest BCUT2D eigenvalue weighted by Crippen LogP contribution is 2.31. The number of benzene rings is 2. The number of carbonyl (C=O) groups is 2. The number of amides is 1. The zero-order valence-corrected chi connectivity index (χ0v) is 24.0. The Kier molecular flexibility index (Phi) is 9.45. The molecule has 0 saturated heterocycles. The number of nitrogens with zero attached hydrogens (tertiary/aromatic N) is 3. The van der Waals surface area contributed by atoms with Crippen molar-refractivity contribution in [3.8, 4) is 17.1 Å². The Bertz CT molecular complexity index is 1310. The molecule has 1 amide bonds. The predicted octanol–water partition coefficient (Wildman–Crippen LogP) is 6.08. The number of carbonyl (C=O) groups excluding carboxylic acids is 2. The maximum absolute atomic E-state index is 13.8. The summed E-state index contributed by atoms with van der Waals surface area (Å²) >= 11 is 1.34. The van der Waals surface area contributed by atoms with Crippen LogP contribution in [-0.4, -0.2) is 53.0 Å². The number of anilines is 1. The number of aromatic nitrogens is 2. The number of hydrogen-bond acceptors (Lipinski definition) is 8. The maximum atomic E-state index is 13.8. The number of ether oxygens (including phenoxy) is 2. The van der Waals surface area contributed by atoms with Crippen LogP contribution in [0.5, 0.6) is 5.88 Å². The Morgan fingerprint density at radius 3 is 2.62 bits per heavy atom. The summed E-state index contributed by atoms with van der Waals surface area (Å²) in [6.45, 7) is 9.06. The molecule has 1 aliphatic rings. The van der Waals surface area contributed by atoms with E-state index in [9.17, 15) is 9.59 Å². The van der Waals surface area contributed by atoms with E-state index in [4.69, 9.17) is 14.5 Å². The molecule has 4 bridgehead atoms. The van der Waals surface area contributed by atoms with E-state index in [0.717, 1.165) is 33.7 Å². The zero-order valence-electron chi connectivity index (χ0n) is 23.2. The first-order valence-electron chi connectivity index (χ1n) is 13.2. The first-order chi connectivity index (χ1) is 18.7. The average Bonchev–Trinajstić information content (AvgIpc) is 2.91. The zero-order chi connectivity index (χ0) is 27.9. The first-order valence-corrected chi connectivity index (χ1v) is 14.1. The largest absolute Gasteiger partial charge is 0.475 e. The van der Waals surface area contributed by atoms with Gasteiger partial charge in [0.1, 0.15) is 6.61 Å². The number of hydrogen-bond donors (Lipinski definition) is 1. The van der Waals surface area contributed by atoms with Gasteiger partial charge in [0.05, 0.1) is 18.8 Å². The van der Waals surface area contributed by atoms with Crippen LogP contribution in [0.2, 0.25) is 0 Å². The maximum Gasteiger partial charge on any atom is 0.305 e. The first kappa shape index (κ1) is 28.4. The third-order valence-corrected chi connectivity index (χ3v) is 7.43. The van der Waals surface area contributed by atoms with Gasteiger partial charge < -0.3 is 14.4 Å². The van der Waals surface area contributed by atoms with Crippen molar-refractivity contribution in [1.29, 1.82) is 0 Å². The molecule has 0 spiro atoms. The van der Waals surface area contributed by atoms with Crippen LogP contribution in [0.1, 0.15) is 54.6 Å². The van der Waals surface area contributed by atoms with Gasteiger partial charge in [-0.2, -0.15) is 4.98 Å². The van der Waals surface area contributed by atoms with E-state index in [0.29, 0.717) is 36.3 Å².